The summed E-state index contributed by atoms with van der Waals surface area (Å²) in [7, 11) is 0. The van der Waals surface area contributed by atoms with E-state index in [1.807, 2.05) is 11.0 Å². The van der Waals surface area contributed by atoms with Gasteiger partial charge in [0, 0.05) is 19.7 Å². The van der Waals surface area contributed by atoms with Gasteiger partial charge in [-0.3, -0.25) is 4.79 Å². The quantitative estimate of drug-likeness (QED) is 0.746. The minimum atomic E-state index is -0.602. The molecule has 6 nitrogen and oxygen atoms in total. The number of thiophene rings is 1. The van der Waals surface area contributed by atoms with Crippen LogP contribution in [0.4, 0.5) is 10.7 Å². The molecular weight excluding hydrogens is 264 g/mol. The Kier molecular flexibility index (Phi) is 3.93. The highest BCUT2D eigenvalue weighted by atomic mass is 32.1. The number of piperidine rings is 1. The molecule has 2 heterocycles. The lowest BCUT2D eigenvalue weighted by Gasteiger charge is -2.32. The Bertz CT molecular complexity index is 527. The summed E-state index contributed by atoms with van der Waals surface area (Å²) in [6.45, 7) is 1.65. The molecule has 7 heteroatoms. The molecule has 1 fully saturated rings. The second-order valence-corrected chi connectivity index (χ2v) is 5.61. The molecular formula is C12H16N4O2S. The zero-order valence-corrected chi connectivity index (χ0v) is 11.2. The van der Waals surface area contributed by atoms with E-state index in [4.69, 9.17) is 21.8 Å². The van der Waals surface area contributed by atoms with Crippen LogP contribution in [0.3, 0.4) is 0 Å². The Balaban J connectivity index is 2.30. The maximum Gasteiger partial charge on any atom is 0.253 e. The summed E-state index contributed by atoms with van der Waals surface area (Å²) in [5.74, 6) is -0.296. The monoisotopic (exact) mass is 280 g/mol. The number of hydrogen-bond acceptors (Lipinski definition) is 6. The summed E-state index contributed by atoms with van der Waals surface area (Å²) in [4.78, 5) is 13.9. The molecule has 1 aliphatic heterocycles. The number of nitrogens with zero attached hydrogens (tertiary/aromatic N) is 2. The molecule has 1 saturated heterocycles. The second-order valence-electron chi connectivity index (χ2n) is 4.61. The number of carbonyl (C=O) groups is 1. The van der Waals surface area contributed by atoms with Gasteiger partial charge in [0.1, 0.15) is 15.9 Å². The minimum Gasteiger partial charge on any atom is -0.396 e. The summed E-state index contributed by atoms with van der Waals surface area (Å²) < 4.78 is 0. The minimum absolute atomic E-state index is 0.180. The summed E-state index contributed by atoms with van der Waals surface area (Å²) in [6, 6.07) is 1.99. The predicted molar refractivity (Wildman–Crippen MR) is 74.0 cm³/mol. The highest BCUT2D eigenvalue weighted by Crippen LogP contribution is 2.39. The number of carbonyl (C=O) groups excluding carboxylic acids is 1. The van der Waals surface area contributed by atoms with Gasteiger partial charge in [-0.15, -0.1) is 11.3 Å². The second kappa shape index (κ2) is 5.47. The van der Waals surface area contributed by atoms with E-state index >= 15 is 0 Å². The molecule has 5 N–H and O–H groups in total. The average Bonchev–Trinajstić information content (AvgIpc) is 2.76. The van der Waals surface area contributed by atoms with Crippen molar-refractivity contribution in [2.75, 3.05) is 30.3 Å². The molecule has 0 spiro atoms. The standard InChI is InChI=1S/C12H16N4O2S/c13-5-8-10(14)9(11(15)18)12(19-8)16-3-1-7(6-17)2-4-16/h7,17H,1-4,6,14H2,(H2,15,18). The van der Waals surface area contributed by atoms with E-state index in [1.54, 1.807) is 0 Å². The van der Waals surface area contributed by atoms with Gasteiger partial charge in [0.25, 0.3) is 5.91 Å². The van der Waals surface area contributed by atoms with Crippen LogP contribution in [0.1, 0.15) is 28.1 Å². The van der Waals surface area contributed by atoms with E-state index < -0.39 is 5.91 Å². The third-order valence-electron chi connectivity index (χ3n) is 3.43. The van der Waals surface area contributed by atoms with Crippen LogP contribution in [0.5, 0.6) is 0 Å². The van der Waals surface area contributed by atoms with Crippen molar-refractivity contribution in [3.8, 4) is 6.07 Å². The van der Waals surface area contributed by atoms with E-state index in [2.05, 4.69) is 0 Å². The highest BCUT2D eigenvalue weighted by molar-refractivity contribution is 7.17. The molecule has 0 aliphatic carbocycles. The van der Waals surface area contributed by atoms with Crippen molar-refractivity contribution in [3.63, 3.8) is 0 Å². The van der Waals surface area contributed by atoms with E-state index in [0.717, 1.165) is 25.9 Å². The number of nitriles is 1. The Morgan fingerprint density at radius 3 is 2.63 bits per heavy atom. The number of hydrogen-bond donors (Lipinski definition) is 3. The lowest BCUT2D eigenvalue weighted by molar-refractivity contribution is 0.100. The zero-order valence-electron chi connectivity index (χ0n) is 10.4. The highest BCUT2D eigenvalue weighted by Gasteiger charge is 2.27. The molecule has 1 amide bonds. The SMILES string of the molecule is N#Cc1sc(N2CCC(CO)CC2)c(C(N)=O)c1N. The molecule has 1 aliphatic rings. The van der Waals surface area contributed by atoms with Crippen LogP contribution in [-0.2, 0) is 0 Å². The normalized spacial score (nSPS) is 16.3. The molecule has 19 heavy (non-hydrogen) atoms. The van der Waals surface area contributed by atoms with Crippen LogP contribution in [0, 0.1) is 17.2 Å². The number of anilines is 2. The van der Waals surface area contributed by atoms with E-state index in [-0.39, 0.29) is 17.9 Å². The largest absolute Gasteiger partial charge is 0.396 e. The van der Waals surface area contributed by atoms with Gasteiger partial charge >= 0.3 is 0 Å². The number of aliphatic hydroxyl groups is 1. The summed E-state index contributed by atoms with van der Waals surface area (Å²) in [6.07, 6.45) is 1.71. The molecule has 0 bridgehead atoms. The number of amides is 1. The van der Waals surface area contributed by atoms with Gasteiger partial charge in [-0.1, -0.05) is 0 Å². The predicted octanol–water partition coefficient (Wildman–Crippen LogP) is 0.510. The lowest BCUT2D eigenvalue weighted by Crippen LogP contribution is -2.35. The average molecular weight is 280 g/mol. The van der Waals surface area contributed by atoms with Gasteiger partial charge in [0.05, 0.1) is 11.3 Å². The fourth-order valence-corrected chi connectivity index (χ4v) is 3.37. The first-order valence-corrected chi connectivity index (χ1v) is 6.88. The first-order chi connectivity index (χ1) is 9.08. The molecule has 0 aromatic carbocycles. The van der Waals surface area contributed by atoms with E-state index in [9.17, 15) is 4.79 Å². The van der Waals surface area contributed by atoms with Crippen molar-refractivity contribution in [1.82, 2.24) is 0 Å². The van der Waals surface area contributed by atoms with Crippen LogP contribution in [0.2, 0.25) is 0 Å². The van der Waals surface area contributed by atoms with Gasteiger partial charge in [0.15, 0.2) is 0 Å². The van der Waals surface area contributed by atoms with Crippen molar-refractivity contribution in [3.05, 3.63) is 10.4 Å². The number of primary amides is 1. The Hall–Kier alpha value is -1.78. The van der Waals surface area contributed by atoms with Gasteiger partial charge in [0.2, 0.25) is 0 Å². The smallest absolute Gasteiger partial charge is 0.253 e. The molecule has 0 radical (unpaired) electrons. The van der Waals surface area contributed by atoms with Gasteiger partial charge in [-0.2, -0.15) is 5.26 Å². The van der Waals surface area contributed by atoms with Crippen molar-refractivity contribution < 1.29 is 9.90 Å². The number of rotatable bonds is 3. The van der Waals surface area contributed by atoms with Crippen molar-refractivity contribution in [2.24, 2.45) is 11.7 Å². The number of nitrogen functional groups attached to an aromatic ring is 1. The molecule has 0 unspecified atom stereocenters. The lowest BCUT2D eigenvalue weighted by atomic mass is 9.98. The van der Waals surface area contributed by atoms with Crippen LogP contribution in [0.25, 0.3) is 0 Å². The maximum atomic E-state index is 11.5. The zero-order chi connectivity index (χ0) is 14.0. The topological polar surface area (TPSA) is 116 Å². The van der Waals surface area contributed by atoms with Crippen LogP contribution >= 0.6 is 11.3 Å². The molecule has 2 rings (SSSR count). The number of aliphatic hydroxyl groups excluding tert-OH is 1. The maximum absolute atomic E-state index is 11.5. The van der Waals surface area contributed by atoms with Crippen molar-refractivity contribution in [2.45, 2.75) is 12.8 Å². The fraction of sp³-hybridized carbons (Fsp3) is 0.500. The van der Waals surface area contributed by atoms with E-state index in [0.29, 0.717) is 15.8 Å². The molecule has 1 aromatic heterocycles. The first kappa shape index (κ1) is 13.6. The summed E-state index contributed by atoms with van der Waals surface area (Å²) >= 11 is 1.21. The number of nitrogens with two attached hydrogens (primary N) is 2. The third-order valence-corrected chi connectivity index (χ3v) is 4.61. The van der Waals surface area contributed by atoms with E-state index in [1.165, 1.54) is 11.3 Å². The summed E-state index contributed by atoms with van der Waals surface area (Å²) in [5, 5.41) is 18.8. The summed E-state index contributed by atoms with van der Waals surface area (Å²) in [5.41, 5.74) is 11.6. The van der Waals surface area contributed by atoms with Crippen molar-refractivity contribution >= 4 is 27.9 Å². The van der Waals surface area contributed by atoms with Crippen LogP contribution in [0.15, 0.2) is 0 Å². The Labute approximate surface area is 115 Å². The van der Waals surface area contributed by atoms with Gasteiger partial charge in [-0.05, 0) is 18.8 Å². The van der Waals surface area contributed by atoms with Crippen LogP contribution < -0.4 is 16.4 Å². The Morgan fingerprint density at radius 2 is 2.16 bits per heavy atom. The van der Waals surface area contributed by atoms with Crippen molar-refractivity contribution in [1.29, 1.82) is 5.26 Å². The fourth-order valence-electron chi connectivity index (χ4n) is 2.29. The van der Waals surface area contributed by atoms with Crippen LogP contribution in [-0.4, -0.2) is 30.7 Å². The molecule has 1 aromatic rings. The molecule has 0 atom stereocenters. The van der Waals surface area contributed by atoms with Gasteiger partial charge < -0.3 is 21.5 Å². The molecule has 0 saturated carbocycles. The van der Waals surface area contributed by atoms with Gasteiger partial charge in [-0.25, -0.2) is 0 Å². The first-order valence-electron chi connectivity index (χ1n) is 6.06. The third kappa shape index (κ3) is 2.50. The Morgan fingerprint density at radius 1 is 1.53 bits per heavy atom. The molecule has 102 valence electrons.